The summed E-state index contributed by atoms with van der Waals surface area (Å²) in [6, 6.07) is 6.26. The van der Waals surface area contributed by atoms with Crippen molar-refractivity contribution in [1.82, 2.24) is 5.32 Å². The minimum absolute atomic E-state index is 0.0358. The molecule has 1 saturated heterocycles. The van der Waals surface area contributed by atoms with Gasteiger partial charge in [0, 0.05) is 13.1 Å². The molecule has 0 saturated carbocycles. The molecular formula is C17H14Cl2F3N3O3S. The normalized spacial score (nSPS) is 15.2. The summed E-state index contributed by atoms with van der Waals surface area (Å²) >= 11 is 12.0. The van der Waals surface area contributed by atoms with Crippen LogP contribution in [0.2, 0.25) is 10.0 Å². The van der Waals surface area contributed by atoms with Gasteiger partial charge in [0.1, 0.15) is 4.90 Å². The van der Waals surface area contributed by atoms with Crippen molar-refractivity contribution in [2.75, 3.05) is 29.3 Å². The molecule has 0 radical (unpaired) electrons. The van der Waals surface area contributed by atoms with E-state index in [0.29, 0.717) is 30.9 Å². The van der Waals surface area contributed by atoms with Crippen LogP contribution in [0.1, 0.15) is 5.56 Å². The lowest BCUT2D eigenvalue weighted by Gasteiger charge is -2.29. The predicted octanol–water partition coefficient (Wildman–Crippen LogP) is 3.75. The molecule has 2 aromatic carbocycles. The lowest BCUT2D eigenvalue weighted by Crippen LogP contribution is -2.47. The van der Waals surface area contributed by atoms with Crippen LogP contribution in [0.5, 0.6) is 0 Å². The summed E-state index contributed by atoms with van der Waals surface area (Å²) in [6.07, 6.45) is -4.72. The summed E-state index contributed by atoms with van der Waals surface area (Å²) in [4.78, 5) is 12.5. The van der Waals surface area contributed by atoms with E-state index in [0.717, 1.165) is 6.07 Å². The number of carbonyl (C=O) groups is 1. The molecule has 1 amide bonds. The van der Waals surface area contributed by atoms with Gasteiger partial charge in [-0.2, -0.15) is 13.2 Å². The second-order valence-corrected chi connectivity index (χ2v) is 8.65. The zero-order chi connectivity index (χ0) is 21.4. The average Bonchev–Trinajstić information content (AvgIpc) is 2.60. The van der Waals surface area contributed by atoms with Crippen LogP contribution in [0, 0.1) is 0 Å². The van der Waals surface area contributed by atoms with Crippen LogP contribution in [0.4, 0.5) is 24.5 Å². The molecule has 6 nitrogen and oxygen atoms in total. The Bertz CT molecular complexity index is 1060. The first-order valence-corrected chi connectivity index (χ1v) is 10.4. The first-order chi connectivity index (χ1) is 13.5. The van der Waals surface area contributed by atoms with Crippen LogP contribution in [0.3, 0.4) is 0 Å². The van der Waals surface area contributed by atoms with Crippen LogP contribution in [0.25, 0.3) is 0 Å². The van der Waals surface area contributed by atoms with Gasteiger partial charge in [-0.25, -0.2) is 8.42 Å². The summed E-state index contributed by atoms with van der Waals surface area (Å²) in [6.45, 7) is 1.07. The maximum absolute atomic E-state index is 12.9. The van der Waals surface area contributed by atoms with E-state index in [1.807, 2.05) is 0 Å². The zero-order valence-corrected chi connectivity index (χ0v) is 16.9. The van der Waals surface area contributed by atoms with Gasteiger partial charge in [0.2, 0.25) is 5.91 Å². The van der Waals surface area contributed by atoms with Crippen LogP contribution in [0.15, 0.2) is 41.3 Å². The number of nitrogens with one attached hydrogen (secondary N) is 2. The van der Waals surface area contributed by atoms with Crippen molar-refractivity contribution in [3.8, 4) is 0 Å². The average molecular weight is 468 g/mol. The molecule has 0 spiro atoms. The number of carbonyl (C=O) groups excluding carboxylic acids is 1. The Kier molecular flexibility index (Phi) is 5.88. The van der Waals surface area contributed by atoms with Crippen molar-refractivity contribution in [3.05, 3.63) is 52.0 Å². The molecule has 0 bridgehead atoms. The quantitative estimate of drug-likeness (QED) is 0.717. The Morgan fingerprint density at radius 3 is 2.41 bits per heavy atom. The highest BCUT2D eigenvalue weighted by Crippen LogP contribution is 2.35. The van der Waals surface area contributed by atoms with E-state index in [4.69, 9.17) is 23.2 Å². The van der Waals surface area contributed by atoms with Crippen molar-refractivity contribution < 1.29 is 26.4 Å². The molecule has 0 atom stereocenters. The van der Waals surface area contributed by atoms with E-state index in [9.17, 15) is 26.4 Å². The van der Waals surface area contributed by atoms with E-state index in [1.165, 1.54) is 18.2 Å². The van der Waals surface area contributed by atoms with E-state index in [-0.39, 0.29) is 28.2 Å². The molecule has 2 N–H and O–H groups in total. The number of hydrogen-bond donors (Lipinski definition) is 2. The fourth-order valence-corrected chi connectivity index (χ4v) is 4.64. The number of sulfonamides is 1. The molecule has 29 heavy (non-hydrogen) atoms. The van der Waals surface area contributed by atoms with Crippen molar-refractivity contribution in [1.29, 1.82) is 0 Å². The molecule has 0 unspecified atom stereocenters. The van der Waals surface area contributed by atoms with Crippen molar-refractivity contribution in [3.63, 3.8) is 0 Å². The van der Waals surface area contributed by atoms with Gasteiger partial charge >= 0.3 is 6.18 Å². The van der Waals surface area contributed by atoms with Crippen LogP contribution >= 0.6 is 23.2 Å². The van der Waals surface area contributed by atoms with E-state index >= 15 is 0 Å². The maximum Gasteiger partial charge on any atom is 0.416 e. The second-order valence-electron chi connectivity index (χ2n) is 6.19. The summed E-state index contributed by atoms with van der Waals surface area (Å²) in [5, 5.41) is 2.50. The summed E-state index contributed by atoms with van der Waals surface area (Å²) in [5.74, 6) is -0.170. The Morgan fingerprint density at radius 1 is 1.07 bits per heavy atom. The predicted molar refractivity (Wildman–Crippen MR) is 104 cm³/mol. The van der Waals surface area contributed by atoms with Crippen molar-refractivity contribution >= 4 is 50.5 Å². The summed E-state index contributed by atoms with van der Waals surface area (Å²) in [5.41, 5.74) is -0.575. The molecule has 0 aliphatic carbocycles. The van der Waals surface area contributed by atoms with Gasteiger partial charge in [-0.05, 0) is 36.4 Å². The fraction of sp³-hybridized carbons (Fsp3) is 0.235. The Hall–Kier alpha value is -2.17. The first kappa shape index (κ1) is 21.5. The molecular weight excluding hydrogens is 454 g/mol. The summed E-state index contributed by atoms with van der Waals surface area (Å²) in [7, 11) is -4.41. The van der Waals surface area contributed by atoms with Crippen LogP contribution in [-0.4, -0.2) is 34.0 Å². The van der Waals surface area contributed by atoms with E-state index < -0.39 is 26.7 Å². The number of alkyl halides is 3. The molecule has 2 aromatic rings. The molecule has 1 aliphatic heterocycles. The third kappa shape index (κ3) is 4.88. The fourth-order valence-electron chi connectivity index (χ4n) is 2.77. The standard InChI is InChI=1S/C17H14Cl2F3N3O3S/c18-12-3-1-10(17(20,21)22)7-15(12)29(27,28)24-11-2-4-14(13(19)8-11)25-6-5-23-16(26)9-25/h1-4,7-8,24H,5-6,9H2,(H,23,26). The number of rotatable bonds is 4. The van der Waals surface area contributed by atoms with Crippen molar-refractivity contribution in [2.45, 2.75) is 11.1 Å². The molecule has 1 heterocycles. The number of anilines is 2. The summed E-state index contributed by atoms with van der Waals surface area (Å²) < 4.78 is 66.0. The third-order valence-corrected chi connectivity index (χ3v) is 6.29. The molecule has 156 valence electrons. The lowest BCUT2D eigenvalue weighted by atomic mass is 10.2. The number of halogens is 5. The molecule has 1 fully saturated rings. The second kappa shape index (κ2) is 7.92. The van der Waals surface area contributed by atoms with E-state index in [1.54, 1.807) is 4.90 Å². The van der Waals surface area contributed by atoms with Gasteiger partial charge in [-0.15, -0.1) is 0 Å². The van der Waals surface area contributed by atoms with Gasteiger partial charge in [-0.3, -0.25) is 9.52 Å². The number of piperazine rings is 1. The highest BCUT2D eigenvalue weighted by molar-refractivity contribution is 7.92. The molecule has 12 heteroatoms. The Morgan fingerprint density at radius 2 is 1.79 bits per heavy atom. The first-order valence-electron chi connectivity index (χ1n) is 8.18. The number of hydrogen-bond acceptors (Lipinski definition) is 4. The third-order valence-electron chi connectivity index (χ3n) is 4.13. The minimum atomic E-state index is -4.72. The van der Waals surface area contributed by atoms with Gasteiger partial charge in [0.15, 0.2) is 0 Å². The Labute approximate surface area is 174 Å². The van der Waals surface area contributed by atoms with Gasteiger partial charge < -0.3 is 10.2 Å². The minimum Gasteiger partial charge on any atom is -0.359 e. The van der Waals surface area contributed by atoms with Gasteiger partial charge in [0.25, 0.3) is 10.0 Å². The highest BCUT2D eigenvalue weighted by Gasteiger charge is 2.33. The molecule has 3 rings (SSSR count). The SMILES string of the molecule is O=C1CN(c2ccc(NS(=O)(=O)c3cc(C(F)(F)F)ccc3Cl)cc2Cl)CCN1. The number of amides is 1. The van der Waals surface area contributed by atoms with Gasteiger partial charge in [-0.1, -0.05) is 23.2 Å². The zero-order valence-electron chi connectivity index (χ0n) is 14.6. The number of benzene rings is 2. The Balaban J connectivity index is 1.88. The molecule has 1 aliphatic rings. The highest BCUT2D eigenvalue weighted by atomic mass is 35.5. The topological polar surface area (TPSA) is 78.5 Å². The van der Waals surface area contributed by atoms with E-state index in [2.05, 4.69) is 10.0 Å². The van der Waals surface area contributed by atoms with Crippen LogP contribution in [-0.2, 0) is 21.0 Å². The molecule has 0 aromatic heterocycles. The van der Waals surface area contributed by atoms with Gasteiger partial charge in [0.05, 0.1) is 33.5 Å². The van der Waals surface area contributed by atoms with Crippen molar-refractivity contribution in [2.24, 2.45) is 0 Å². The number of nitrogens with zero attached hydrogens (tertiary/aromatic N) is 1. The maximum atomic E-state index is 12.9. The largest absolute Gasteiger partial charge is 0.416 e. The lowest BCUT2D eigenvalue weighted by molar-refractivity contribution is -0.137. The van der Waals surface area contributed by atoms with Crippen LogP contribution < -0.4 is 14.9 Å². The monoisotopic (exact) mass is 467 g/mol. The smallest absolute Gasteiger partial charge is 0.359 e.